The summed E-state index contributed by atoms with van der Waals surface area (Å²) in [5.74, 6) is 1.62. The summed E-state index contributed by atoms with van der Waals surface area (Å²) in [4.78, 5) is 15.1. The fourth-order valence-corrected chi connectivity index (χ4v) is 2.10. The minimum Gasteiger partial charge on any atom is -0.391 e. The van der Waals surface area contributed by atoms with Gasteiger partial charge in [-0.05, 0) is 6.42 Å². The summed E-state index contributed by atoms with van der Waals surface area (Å²) >= 11 is 0. The van der Waals surface area contributed by atoms with E-state index < -0.39 is 6.10 Å². The molecule has 8 heteroatoms. The Morgan fingerprint density at radius 2 is 1.95 bits per heavy atom. The zero-order valence-corrected chi connectivity index (χ0v) is 12.7. The molecule has 2 heterocycles. The monoisotopic (exact) mass is 296 g/mol. The van der Waals surface area contributed by atoms with E-state index in [1.165, 1.54) is 0 Å². The molecule has 0 radical (unpaired) electrons. The van der Waals surface area contributed by atoms with Crippen molar-refractivity contribution in [2.24, 2.45) is 0 Å². The molecule has 0 bridgehead atoms. The topological polar surface area (TPSA) is 95.4 Å². The zero-order chi connectivity index (χ0) is 15.1. The normalized spacial score (nSPS) is 16.6. The van der Waals surface area contributed by atoms with Crippen LogP contribution in [0.5, 0.6) is 0 Å². The number of aliphatic hydroxyl groups excluding tert-OH is 1. The minimum absolute atomic E-state index is 0.392. The van der Waals surface area contributed by atoms with Gasteiger partial charge in [-0.25, -0.2) is 0 Å². The quantitative estimate of drug-likeness (QED) is 0.662. The van der Waals surface area contributed by atoms with Gasteiger partial charge in [0.15, 0.2) is 0 Å². The Morgan fingerprint density at radius 1 is 1.24 bits per heavy atom. The molecule has 0 amide bonds. The number of anilines is 3. The second kappa shape index (κ2) is 7.94. The predicted molar refractivity (Wildman–Crippen MR) is 81.8 cm³/mol. The Morgan fingerprint density at radius 3 is 2.62 bits per heavy atom. The lowest BCUT2D eigenvalue weighted by atomic mass is 10.2. The Balaban J connectivity index is 2.05. The standard InChI is InChI=1S/C13H24N6O2/c1-3-4-10(20)9-15-12-16-11(14-2)17-13(18-12)19-5-7-21-8-6-19/h10,20H,3-9H2,1-2H3,(H2,14,15,16,17,18). The summed E-state index contributed by atoms with van der Waals surface area (Å²) < 4.78 is 5.34. The van der Waals surface area contributed by atoms with Crippen molar-refractivity contribution < 1.29 is 9.84 Å². The van der Waals surface area contributed by atoms with Gasteiger partial charge < -0.3 is 25.4 Å². The van der Waals surface area contributed by atoms with Crippen LogP contribution in [0.1, 0.15) is 19.8 Å². The second-order valence-electron chi connectivity index (χ2n) is 4.96. The van der Waals surface area contributed by atoms with Gasteiger partial charge in [-0.2, -0.15) is 15.0 Å². The van der Waals surface area contributed by atoms with Crippen LogP contribution in [0, 0.1) is 0 Å². The molecule has 1 aromatic heterocycles. The van der Waals surface area contributed by atoms with E-state index in [9.17, 15) is 5.11 Å². The molecule has 0 aromatic carbocycles. The molecular formula is C13H24N6O2. The van der Waals surface area contributed by atoms with Crippen LogP contribution in [-0.2, 0) is 4.74 Å². The lowest BCUT2D eigenvalue weighted by Gasteiger charge is -2.27. The maximum absolute atomic E-state index is 9.78. The van der Waals surface area contributed by atoms with E-state index in [0.29, 0.717) is 37.6 Å². The van der Waals surface area contributed by atoms with E-state index in [1.54, 1.807) is 7.05 Å². The molecule has 2 rings (SSSR count). The summed E-state index contributed by atoms with van der Waals surface area (Å²) in [6.07, 6.45) is 1.31. The molecule has 0 spiro atoms. The third-order valence-corrected chi connectivity index (χ3v) is 3.26. The maximum Gasteiger partial charge on any atom is 0.232 e. The Bertz CT molecular complexity index is 439. The third kappa shape index (κ3) is 4.68. The molecular weight excluding hydrogens is 272 g/mol. The molecule has 8 nitrogen and oxygen atoms in total. The SMILES string of the molecule is CCCC(O)CNc1nc(NC)nc(N2CCOCC2)n1. The van der Waals surface area contributed by atoms with Crippen LogP contribution < -0.4 is 15.5 Å². The van der Waals surface area contributed by atoms with Gasteiger partial charge in [0.05, 0.1) is 19.3 Å². The number of aromatic nitrogens is 3. The van der Waals surface area contributed by atoms with Gasteiger partial charge in [-0.3, -0.25) is 0 Å². The van der Waals surface area contributed by atoms with Crippen molar-refractivity contribution in [2.45, 2.75) is 25.9 Å². The predicted octanol–water partition coefficient (Wildman–Crippen LogP) is 0.323. The average molecular weight is 296 g/mol. The average Bonchev–Trinajstić information content (AvgIpc) is 2.54. The van der Waals surface area contributed by atoms with E-state index in [2.05, 4.69) is 30.5 Å². The highest BCUT2D eigenvalue weighted by molar-refractivity contribution is 5.43. The fourth-order valence-electron chi connectivity index (χ4n) is 2.10. The van der Waals surface area contributed by atoms with Crippen LogP contribution in [0.25, 0.3) is 0 Å². The summed E-state index contributed by atoms with van der Waals surface area (Å²) in [7, 11) is 1.77. The van der Waals surface area contributed by atoms with Gasteiger partial charge >= 0.3 is 0 Å². The van der Waals surface area contributed by atoms with E-state index in [4.69, 9.17) is 4.74 Å². The van der Waals surface area contributed by atoms with E-state index in [0.717, 1.165) is 25.9 Å². The lowest BCUT2D eigenvalue weighted by molar-refractivity contribution is 0.122. The molecule has 1 aliphatic rings. The Hall–Kier alpha value is -1.67. The first kappa shape index (κ1) is 15.7. The van der Waals surface area contributed by atoms with Crippen LogP contribution in [0.15, 0.2) is 0 Å². The van der Waals surface area contributed by atoms with E-state index >= 15 is 0 Å². The number of nitrogens with zero attached hydrogens (tertiary/aromatic N) is 4. The molecule has 21 heavy (non-hydrogen) atoms. The summed E-state index contributed by atoms with van der Waals surface area (Å²) in [6, 6.07) is 0. The van der Waals surface area contributed by atoms with Crippen molar-refractivity contribution >= 4 is 17.8 Å². The molecule has 1 unspecified atom stereocenters. The number of nitrogens with one attached hydrogen (secondary N) is 2. The van der Waals surface area contributed by atoms with Crippen LogP contribution >= 0.6 is 0 Å². The summed E-state index contributed by atoms with van der Waals surface area (Å²) in [5, 5.41) is 15.8. The first-order valence-corrected chi connectivity index (χ1v) is 7.41. The van der Waals surface area contributed by atoms with Crippen LogP contribution in [0.2, 0.25) is 0 Å². The van der Waals surface area contributed by atoms with E-state index in [-0.39, 0.29) is 0 Å². The van der Waals surface area contributed by atoms with Crippen molar-refractivity contribution in [1.29, 1.82) is 0 Å². The zero-order valence-electron chi connectivity index (χ0n) is 12.7. The van der Waals surface area contributed by atoms with Crippen LogP contribution in [0.3, 0.4) is 0 Å². The number of ether oxygens (including phenoxy) is 1. The molecule has 118 valence electrons. The van der Waals surface area contributed by atoms with Gasteiger partial charge in [0, 0.05) is 26.7 Å². The molecule has 0 aliphatic carbocycles. The molecule has 1 aromatic rings. The van der Waals surface area contributed by atoms with E-state index in [1.807, 2.05) is 6.92 Å². The Kier molecular flexibility index (Phi) is 5.94. The molecule has 3 N–H and O–H groups in total. The van der Waals surface area contributed by atoms with Gasteiger partial charge in [0.25, 0.3) is 0 Å². The molecule has 1 aliphatic heterocycles. The van der Waals surface area contributed by atoms with Gasteiger partial charge in [-0.1, -0.05) is 13.3 Å². The number of hydrogen-bond donors (Lipinski definition) is 3. The van der Waals surface area contributed by atoms with Crippen LogP contribution in [0.4, 0.5) is 17.8 Å². The molecule has 1 saturated heterocycles. The molecule has 1 atom stereocenters. The molecule has 1 fully saturated rings. The number of rotatable bonds is 7. The third-order valence-electron chi connectivity index (χ3n) is 3.26. The van der Waals surface area contributed by atoms with Crippen LogP contribution in [-0.4, -0.2) is 66.1 Å². The lowest BCUT2D eigenvalue weighted by Crippen LogP contribution is -2.37. The summed E-state index contributed by atoms with van der Waals surface area (Å²) in [6.45, 7) is 5.37. The maximum atomic E-state index is 9.78. The van der Waals surface area contributed by atoms with Gasteiger partial charge in [0.2, 0.25) is 17.8 Å². The second-order valence-corrected chi connectivity index (χ2v) is 4.96. The van der Waals surface area contributed by atoms with Crippen molar-refractivity contribution in [3.63, 3.8) is 0 Å². The van der Waals surface area contributed by atoms with Crippen molar-refractivity contribution in [3.05, 3.63) is 0 Å². The minimum atomic E-state index is -0.392. The number of hydrogen-bond acceptors (Lipinski definition) is 8. The number of morpholine rings is 1. The smallest absolute Gasteiger partial charge is 0.232 e. The Labute approximate surface area is 125 Å². The molecule has 0 saturated carbocycles. The fraction of sp³-hybridized carbons (Fsp3) is 0.769. The van der Waals surface area contributed by atoms with Crippen molar-refractivity contribution in [2.75, 3.05) is 55.4 Å². The largest absolute Gasteiger partial charge is 0.391 e. The first-order valence-electron chi connectivity index (χ1n) is 7.41. The highest BCUT2D eigenvalue weighted by atomic mass is 16.5. The van der Waals surface area contributed by atoms with Crippen molar-refractivity contribution in [3.8, 4) is 0 Å². The number of aliphatic hydroxyl groups is 1. The highest BCUT2D eigenvalue weighted by Crippen LogP contribution is 2.14. The van der Waals surface area contributed by atoms with Crippen molar-refractivity contribution in [1.82, 2.24) is 15.0 Å². The van der Waals surface area contributed by atoms with Gasteiger partial charge in [-0.15, -0.1) is 0 Å². The van der Waals surface area contributed by atoms with Gasteiger partial charge in [0.1, 0.15) is 0 Å². The summed E-state index contributed by atoms with van der Waals surface area (Å²) in [5.41, 5.74) is 0. The first-order chi connectivity index (χ1) is 10.2. The highest BCUT2D eigenvalue weighted by Gasteiger charge is 2.16.